The van der Waals surface area contributed by atoms with Crippen molar-refractivity contribution in [2.75, 3.05) is 32.1 Å². The smallest absolute Gasteiger partial charge is 0.223 e. The average molecular weight is 343 g/mol. The molecule has 1 aliphatic heterocycles. The Morgan fingerprint density at radius 2 is 2.28 bits per heavy atom. The second kappa shape index (κ2) is 7.55. The molecule has 25 heavy (non-hydrogen) atoms. The van der Waals surface area contributed by atoms with Crippen LogP contribution in [0.2, 0.25) is 0 Å². The molecule has 0 bridgehead atoms. The first kappa shape index (κ1) is 17.3. The molecule has 1 saturated heterocycles. The van der Waals surface area contributed by atoms with Gasteiger partial charge in [0.25, 0.3) is 0 Å². The summed E-state index contributed by atoms with van der Waals surface area (Å²) in [5, 5.41) is 4.14. The molecule has 1 fully saturated rings. The highest BCUT2D eigenvalue weighted by Crippen LogP contribution is 2.26. The number of nitrogens with zero attached hydrogens (tertiary/aromatic N) is 5. The van der Waals surface area contributed by atoms with Crippen LogP contribution in [0.5, 0.6) is 5.75 Å². The number of ether oxygens (including phenoxy) is 1. The minimum atomic E-state index is 0.0187. The van der Waals surface area contributed by atoms with E-state index < -0.39 is 0 Å². The Bertz CT molecular complexity index is 728. The van der Waals surface area contributed by atoms with Gasteiger partial charge in [-0.25, -0.2) is 4.98 Å². The lowest BCUT2D eigenvalue weighted by atomic mass is 10.2. The molecule has 3 rings (SSSR count). The number of aryl methyl sites for hydroxylation is 2. The summed E-state index contributed by atoms with van der Waals surface area (Å²) in [7, 11) is 5.77. The van der Waals surface area contributed by atoms with Crippen LogP contribution in [-0.2, 0) is 18.3 Å². The van der Waals surface area contributed by atoms with Crippen molar-refractivity contribution in [1.29, 1.82) is 0 Å². The van der Waals surface area contributed by atoms with Crippen LogP contribution in [0.25, 0.3) is 0 Å². The molecular weight excluding hydrogens is 318 g/mol. The zero-order valence-electron chi connectivity index (χ0n) is 15.1. The van der Waals surface area contributed by atoms with E-state index in [9.17, 15) is 4.79 Å². The van der Waals surface area contributed by atoms with E-state index in [2.05, 4.69) is 10.1 Å². The van der Waals surface area contributed by atoms with Crippen molar-refractivity contribution in [3.63, 3.8) is 0 Å². The van der Waals surface area contributed by atoms with Crippen LogP contribution in [0.15, 0.2) is 30.7 Å². The number of carbonyl (C=O) groups is 1. The Kier molecular flexibility index (Phi) is 5.21. The summed E-state index contributed by atoms with van der Waals surface area (Å²) in [5.41, 5.74) is 1.09. The summed E-state index contributed by atoms with van der Waals surface area (Å²) in [6.07, 6.45) is 7.62. The molecule has 134 valence electrons. The third kappa shape index (κ3) is 4.29. The third-order valence-corrected chi connectivity index (χ3v) is 4.35. The SMILES string of the molecule is CN(C)c1ncccc1OC1CCN(C(=O)CCc2cnn(C)c2)C1. The Morgan fingerprint density at radius 3 is 3.00 bits per heavy atom. The molecule has 3 heterocycles. The van der Waals surface area contributed by atoms with Crippen LogP contribution in [0.4, 0.5) is 5.82 Å². The minimum absolute atomic E-state index is 0.0187. The summed E-state index contributed by atoms with van der Waals surface area (Å²) in [6.45, 7) is 1.38. The van der Waals surface area contributed by atoms with Gasteiger partial charge in [-0.2, -0.15) is 5.10 Å². The van der Waals surface area contributed by atoms with Crippen molar-refractivity contribution in [2.45, 2.75) is 25.4 Å². The number of likely N-dealkylation sites (tertiary alicyclic amines) is 1. The summed E-state index contributed by atoms with van der Waals surface area (Å²) in [4.78, 5) is 20.6. The normalized spacial score (nSPS) is 16.9. The van der Waals surface area contributed by atoms with Crippen molar-refractivity contribution in [3.05, 3.63) is 36.3 Å². The lowest BCUT2D eigenvalue weighted by Crippen LogP contribution is -2.31. The van der Waals surface area contributed by atoms with E-state index in [1.54, 1.807) is 10.9 Å². The number of carbonyl (C=O) groups excluding carboxylic acids is 1. The highest BCUT2D eigenvalue weighted by atomic mass is 16.5. The number of anilines is 1. The van der Waals surface area contributed by atoms with Gasteiger partial charge < -0.3 is 14.5 Å². The first-order valence-electron chi connectivity index (χ1n) is 8.57. The number of rotatable bonds is 6. The molecule has 7 nitrogen and oxygen atoms in total. The van der Waals surface area contributed by atoms with E-state index in [0.717, 1.165) is 36.5 Å². The monoisotopic (exact) mass is 343 g/mol. The van der Waals surface area contributed by atoms with Crippen molar-refractivity contribution in [1.82, 2.24) is 19.7 Å². The predicted octanol–water partition coefficient (Wildman–Crippen LogP) is 1.49. The van der Waals surface area contributed by atoms with Crippen molar-refractivity contribution < 1.29 is 9.53 Å². The largest absolute Gasteiger partial charge is 0.485 e. The van der Waals surface area contributed by atoms with Gasteiger partial charge in [-0.1, -0.05) is 0 Å². The Balaban J connectivity index is 1.52. The average Bonchev–Trinajstić information content (AvgIpc) is 3.22. The Morgan fingerprint density at radius 1 is 1.44 bits per heavy atom. The topological polar surface area (TPSA) is 63.5 Å². The van der Waals surface area contributed by atoms with Crippen LogP contribution in [-0.4, -0.2) is 58.9 Å². The van der Waals surface area contributed by atoms with Crippen molar-refractivity contribution in [2.24, 2.45) is 7.05 Å². The van der Waals surface area contributed by atoms with E-state index in [4.69, 9.17) is 4.74 Å². The molecule has 0 saturated carbocycles. The van der Waals surface area contributed by atoms with Gasteiger partial charge in [-0.05, 0) is 24.1 Å². The number of hydrogen-bond acceptors (Lipinski definition) is 5. The number of aromatic nitrogens is 3. The summed E-state index contributed by atoms with van der Waals surface area (Å²) < 4.78 is 7.86. The summed E-state index contributed by atoms with van der Waals surface area (Å²) in [6, 6.07) is 3.79. The van der Waals surface area contributed by atoms with Gasteiger partial charge in [0.1, 0.15) is 6.10 Å². The maximum atomic E-state index is 12.4. The lowest BCUT2D eigenvalue weighted by molar-refractivity contribution is -0.130. The van der Waals surface area contributed by atoms with Crippen LogP contribution in [0, 0.1) is 0 Å². The zero-order chi connectivity index (χ0) is 17.8. The van der Waals surface area contributed by atoms with E-state index in [0.29, 0.717) is 13.0 Å². The quantitative estimate of drug-likeness (QED) is 0.795. The molecule has 0 N–H and O–H groups in total. The standard InChI is InChI=1S/C18H25N5O2/c1-21(2)18-16(5-4-9-19-18)25-15-8-10-23(13-15)17(24)7-6-14-11-20-22(3)12-14/h4-5,9,11-12,15H,6-8,10,13H2,1-3H3. The second-order valence-corrected chi connectivity index (χ2v) is 6.61. The third-order valence-electron chi connectivity index (χ3n) is 4.35. The van der Waals surface area contributed by atoms with E-state index in [1.165, 1.54) is 0 Å². The predicted molar refractivity (Wildman–Crippen MR) is 95.7 cm³/mol. The van der Waals surface area contributed by atoms with Gasteiger partial charge in [0.2, 0.25) is 5.91 Å². The first-order valence-corrected chi connectivity index (χ1v) is 8.57. The molecule has 1 unspecified atom stereocenters. The highest BCUT2D eigenvalue weighted by molar-refractivity contribution is 5.76. The van der Waals surface area contributed by atoms with Crippen molar-refractivity contribution >= 4 is 11.7 Å². The maximum absolute atomic E-state index is 12.4. The summed E-state index contributed by atoms with van der Waals surface area (Å²) >= 11 is 0. The molecule has 0 spiro atoms. The van der Waals surface area contributed by atoms with Crippen LogP contribution >= 0.6 is 0 Å². The van der Waals surface area contributed by atoms with Crippen LogP contribution in [0.1, 0.15) is 18.4 Å². The fraction of sp³-hybridized carbons (Fsp3) is 0.500. The minimum Gasteiger partial charge on any atom is -0.485 e. The van der Waals surface area contributed by atoms with Gasteiger partial charge >= 0.3 is 0 Å². The van der Waals surface area contributed by atoms with Gasteiger partial charge in [0.05, 0.1) is 12.7 Å². The fourth-order valence-corrected chi connectivity index (χ4v) is 3.05. The molecule has 1 aliphatic rings. The zero-order valence-corrected chi connectivity index (χ0v) is 15.1. The molecule has 0 aliphatic carbocycles. The first-order chi connectivity index (χ1) is 12.0. The van der Waals surface area contributed by atoms with E-state index >= 15 is 0 Å². The molecular formula is C18H25N5O2. The fourth-order valence-electron chi connectivity index (χ4n) is 3.05. The van der Waals surface area contributed by atoms with Gasteiger partial charge in [-0.3, -0.25) is 9.48 Å². The number of amides is 1. The molecule has 1 atom stereocenters. The van der Waals surface area contributed by atoms with Crippen LogP contribution < -0.4 is 9.64 Å². The maximum Gasteiger partial charge on any atom is 0.223 e. The molecule has 0 aromatic carbocycles. The van der Waals surface area contributed by atoms with E-state index in [-0.39, 0.29) is 12.0 Å². The second-order valence-electron chi connectivity index (χ2n) is 6.61. The molecule has 2 aromatic rings. The van der Waals surface area contributed by atoms with Gasteiger partial charge in [0, 0.05) is 52.9 Å². The Labute approximate surface area is 148 Å². The Hall–Kier alpha value is -2.57. The van der Waals surface area contributed by atoms with E-state index in [1.807, 2.05) is 55.5 Å². The summed E-state index contributed by atoms with van der Waals surface area (Å²) in [5.74, 6) is 1.75. The van der Waals surface area contributed by atoms with Gasteiger partial charge in [-0.15, -0.1) is 0 Å². The highest BCUT2D eigenvalue weighted by Gasteiger charge is 2.28. The molecule has 7 heteroatoms. The van der Waals surface area contributed by atoms with Crippen LogP contribution in [0.3, 0.4) is 0 Å². The lowest BCUT2D eigenvalue weighted by Gasteiger charge is -2.20. The van der Waals surface area contributed by atoms with Gasteiger partial charge in [0.15, 0.2) is 11.6 Å². The number of hydrogen-bond donors (Lipinski definition) is 0. The molecule has 0 radical (unpaired) electrons. The van der Waals surface area contributed by atoms with Crippen molar-refractivity contribution in [3.8, 4) is 5.75 Å². The molecule has 2 aromatic heterocycles. The molecule has 1 amide bonds. The number of pyridine rings is 1.